The molecule has 0 amide bonds. The number of allylic oxidation sites excluding steroid dienone is 2. The van der Waals surface area contributed by atoms with E-state index in [4.69, 9.17) is 9.47 Å². The molecule has 27 heavy (non-hydrogen) atoms. The molecule has 0 spiro atoms. The molecule has 3 saturated carbocycles. The predicted octanol–water partition coefficient (Wildman–Crippen LogP) is 0.623. The first-order valence-electron chi connectivity index (χ1n) is 10.5. The molecule has 1 aliphatic heterocycles. The van der Waals surface area contributed by atoms with E-state index < -0.39 is 27.4 Å². The molecule has 1 N–H and O–H groups in total. The van der Waals surface area contributed by atoms with Crippen LogP contribution in [0.3, 0.4) is 0 Å². The van der Waals surface area contributed by atoms with E-state index in [-0.39, 0.29) is 38.2 Å². The van der Waals surface area contributed by atoms with Gasteiger partial charge < -0.3 is 0 Å². The van der Waals surface area contributed by atoms with Gasteiger partial charge >= 0.3 is 173 Å². The van der Waals surface area contributed by atoms with Crippen LogP contribution in [0.4, 0.5) is 0 Å². The molecule has 1 saturated heterocycles. The second kappa shape index (κ2) is 5.58. The summed E-state index contributed by atoms with van der Waals surface area (Å²) in [5, 5.41) is 0. The molecule has 1 heterocycles. The van der Waals surface area contributed by atoms with Crippen LogP contribution < -0.4 is 21.6 Å². The zero-order valence-electron chi connectivity index (χ0n) is 17.0. The molecular weight excluding hydrogens is 455 g/mol. The summed E-state index contributed by atoms with van der Waals surface area (Å²) in [6.07, 6.45) is 7.14. The molecule has 4 fully saturated rings. The van der Waals surface area contributed by atoms with Crippen molar-refractivity contribution >= 4 is 5.78 Å². The molecular formula is C22H32IO4-. The Morgan fingerprint density at radius 1 is 1.11 bits per heavy atom. The second-order valence-corrected chi connectivity index (χ2v) is 13.0. The molecule has 6 unspecified atom stereocenters. The summed E-state index contributed by atoms with van der Waals surface area (Å²) in [6, 6.07) is 0. The first-order chi connectivity index (χ1) is 12.6. The number of hydrogen-bond donors (Lipinski definition) is 1. The summed E-state index contributed by atoms with van der Waals surface area (Å²) in [7, 11) is 0. The van der Waals surface area contributed by atoms with Crippen LogP contribution in [0.1, 0.15) is 66.7 Å². The Morgan fingerprint density at radius 2 is 1.81 bits per heavy atom. The van der Waals surface area contributed by atoms with Gasteiger partial charge in [0.2, 0.25) is 0 Å². The number of hydrogen-bond acceptors (Lipinski definition) is 4. The molecule has 4 nitrogen and oxygen atoms in total. The Hall–Kier alpha value is 0.0200. The van der Waals surface area contributed by atoms with Crippen molar-refractivity contribution in [3.63, 3.8) is 0 Å². The summed E-state index contributed by atoms with van der Waals surface area (Å²) in [6.45, 7) is 11.0. The maximum absolute atomic E-state index is 13.3. The molecule has 4 aliphatic carbocycles. The van der Waals surface area contributed by atoms with Crippen molar-refractivity contribution in [1.82, 2.24) is 0 Å². The summed E-state index contributed by atoms with van der Waals surface area (Å²) >= 11 is -0.945. The van der Waals surface area contributed by atoms with E-state index >= 15 is 0 Å². The standard InChI is InChI=1S/C22H32IO4/c1-12-10-22(23-25)14-8-16(24)15-9-17-18(27-19(2,3)26-17)11-20(15,4)13(14)6-7-21(12,22)5/h8,12-13,15,17-18,25H,6-7,9-11H2,1-5H3/q-1/t12?,13?,15?,17-,18+,20?,21?,22?/m1/s1. The van der Waals surface area contributed by atoms with E-state index in [1.54, 1.807) is 0 Å². The van der Waals surface area contributed by atoms with Crippen molar-refractivity contribution in [3.05, 3.63) is 11.6 Å². The van der Waals surface area contributed by atoms with Crippen LogP contribution in [0.25, 0.3) is 0 Å². The topological polar surface area (TPSA) is 55.8 Å². The van der Waals surface area contributed by atoms with Crippen molar-refractivity contribution < 1.29 is 39.3 Å². The summed E-state index contributed by atoms with van der Waals surface area (Å²) in [5.41, 5.74) is 1.41. The quantitative estimate of drug-likeness (QED) is 0.436. The van der Waals surface area contributed by atoms with Crippen LogP contribution in [-0.2, 0) is 14.3 Å². The molecule has 5 heteroatoms. The van der Waals surface area contributed by atoms with E-state index in [0.29, 0.717) is 11.8 Å². The van der Waals surface area contributed by atoms with Gasteiger partial charge in [0.1, 0.15) is 0 Å². The van der Waals surface area contributed by atoms with Crippen LogP contribution in [0, 0.1) is 28.6 Å². The third kappa shape index (κ3) is 2.23. The van der Waals surface area contributed by atoms with E-state index in [9.17, 15) is 8.23 Å². The number of ketones is 1. The van der Waals surface area contributed by atoms with Crippen molar-refractivity contribution in [1.29, 1.82) is 0 Å². The van der Waals surface area contributed by atoms with Crippen molar-refractivity contribution in [2.24, 2.45) is 28.6 Å². The van der Waals surface area contributed by atoms with Gasteiger partial charge in [0, 0.05) is 0 Å². The van der Waals surface area contributed by atoms with Gasteiger partial charge in [-0.15, -0.1) is 0 Å². The zero-order valence-corrected chi connectivity index (χ0v) is 19.2. The molecule has 5 aliphatic rings. The number of fused-ring (bicyclic) bond motifs is 6. The Balaban J connectivity index is 1.55. The van der Waals surface area contributed by atoms with Crippen LogP contribution in [0.15, 0.2) is 11.6 Å². The molecule has 0 aromatic heterocycles. The molecule has 5 rings (SSSR count). The van der Waals surface area contributed by atoms with Gasteiger partial charge in [0.05, 0.1) is 0 Å². The van der Waals surface area contributed by atoms with Gasteiger partial charge in [0.25, 0.3) is 0 Å². The average Bonchev–Trinajstić information content (AvgIpc) is 2.88. The summed E-state index contributed by atoms with van der Waals surface area (Å²) in [4.78, 5) is 13.3. The first kappa shape index (κ1) is 19.0. The Labute approximate surface area is 173 Å². The number of rotatable bonds is 1. The molecule has 8 atom stereocenters. The Bertz CT molecular complexity index is 732. The molecule has 0 aromatic carbocycles. The summed E-state index contributed by atoms with van der Waals surface area (Å²) < 4.78 is 22.9. The van der Waals surface area contributed by atoms with Crippen molar-refractivity contribution in [2.75, 3.05) is 0 Å². The first-order valence-corrected chi connectivity index (χ1v) is 12.5. The Kier molecular flexibility index (Phi) is 3.93. The van der Waals surface area contributed by atoms with Crippen molar-refractivity contribution in [3.8, 4) is 0 Å². The van der Waals surface area contributed by atoms with E-state index in [0.717, 1.165) is 25.7 Å². The van der Waals surface area contributed by atoms with Gasteiger partial charge in [0.15, 0.2) is 0 Å². The number of alkyl halides is 1. The fourth-order valence-electron chi connectivity index (χ4n) is 7.43. The SMILES string of the molecule is CC1CC2([I-]O)C3=CC(=O)C4C[C@H]5OC(C)(C)O[C@H]5CC4(C)C3CCC12C. The van der Waals surface area contributed by atoms with Gasteiger partial charge in [-0.3, -0.25) is 0 Å². The molecule has 0 radical (unpaired) electrons. The van der Waals surface area contributed by atoms with Crippen molar-refractivity contribution in [2.45, 2.75) is 88.1 Å². The fraction of sp³-hybridized carbons (Fsp3) is 0.864. The van der Waals surface area contributed by atoms with Gasteiger partial charge in [-0.1, -0.05) is 0 Å². The molecule has 0 bridgehead atoms. The number of halogens is 1. The normalized spacial score (nSPS) is 55.7. The Morgan fingerprint density at radius 3 is 2.48 bits per heavy atom. The minimum absolute atomic E-state index is 0.0285. The summed E-state index contributed by atoms with van der Waals surface area (Å²) in [5.74, 6) is 0.790. The average molecular weight is 487 g/mol. The molecule has 152 valence electrons. The van der Waals surface area contributed by atoms with E-state index in [1.807, 2.05) is 19.9 Å². The zero-order chi connectivity index (χ0) is 19.4. The van der Waals surface area contributed by atoms with Crippen LogP contribution in [0.5, 0.6) is 0 Å². The monoisotopic (exact) mass is 487 g/mol. The number of carbonyl (C=O) groups excluding carboxylic acids is 1. The fourth-order valence-corrected chi connectivity index (χ4v) is 10.4. The maximum atomic E-state index is 13.3. The van der Waals surface area contributed by atoms with Crippen LogP contribution in [-0.4, -0.2) is 30.6 Å². The van der Waals surface area contributed by atoms with E-state index in [2.05, 4.69) is 20.8 Å². The van der Waals surface area contributed by atoms with Gasteiger partial charge in [-0.05, 0) is 0 Å². The van der Waals surface area contributed by atoms with E-state index in [1.165, 1.54) is 12.0 Å². The number of ether oxygens (including phenoxy) is 2. The van der Waals surface area contributed by atoms with Gasteiger partial charge in [-0.2, -0.15) is 0 Å². The predicted molar refractivity (Wildman–Crippen MR) is 97.3 cm³/mol. The third-order valence-corrected chi connectivity index (χ3v) is 12.3. The van der Waals surface area contributed by atoms with Crippen LogP contribution >= 0.6 is 0 Å². The minimum atomic E-state index is -0.945. The molecule has 0 aromatic rings. The van der Waals surface area contributed by atoms with Gasteiger partial charge in [-0.25, -0.2) is 0 Å². The number of carbonyl (C=O) groups is 1. The van der Waals surface area contributed by atoms with Crippen LogP contribution in [0.2, 0.25) is 0 Å². The second-order valence-electron chi connectivity index (χ2n) is 10.7. The third-order valence-electron chi connectivity index (χ3n) is 9.14.